The highest BCUT2D eigenvalue weighted by Gasteiger charge is 2.12. The van der Waals surface area contributed by atoms with Gasteiger partial charge in [0.25, 0.3) is 0 Å². The molecule has 0 saturated carbocycles. The Morgan fingerprint density at radius 1 is 1.00 bits per heavy atom. The van der Waals surface area contributed by atoms with E-state index in [0.29, 0.717) is 27.6 Å². The molecule has 4 heteroatoms. The fourth-order valence-corrected chi connectivity index (χ4v) is 1.93. The zero-order valence-corrected chi connectivity index (χ0v) is 11.4. The van der Waals surface area contributed by atoms with Gasteiger partial charge in [0.05, 0.1) is 19.2 Å². The molecule has 0 aliphatic rings. The smallest absolute Gasteiger partial charge is 0.193 e. The summed E-state index contributed by atoms with van der Waals surface area (Å²) in [5, 5.41) is 0.477. The molecule has 0 radical (unpaired) electrons. The molecule has 2 aromatic rings. The number of benzene rings is 2. The summed E-state index contributed by atoms with van der Waals surface area (Å²) in [6.07, 6.45) is 0. The first-order valence-corrected chi connectivity index (χ1v) is 6.06. The first-order chi connectivity index (χ1) is 9.15. The quantitative estimate of drug-likeness (QED) is 0.801. The number of hydrogen-bond donors (Lipinski definition) is 0. The topological polar surface area (TPSA) is 35.5 Å². The van der Waals surface area contributed by atoms with Gasteiger partial charge in [-0.15, -0.1) is 0 Å². The van der Waals surface area contributed by atoms with Gasteiger partial charge in [0, 0.05) is 11.1 Å². The fourth-order valence-electron chi connectivity index (χ4n) is 1.73. The van der Waals surface area contributed by atoms with E-state index in [0.717, 1.165) is 0 Å². The van der Waals surface area contributed by atoms with Gasteiger partial charge >= 0.3 is 0 Å². The van der Waals surface area contributed by atoms with Crippen molar-refractivity contribution in [2.24, 2.45) is 0 Å². The van der Waals surface area contributed by atoms with E-state index < -0.39 is 0 Å². The molecule has 0 amide bonds. The predicted octanol–water partition coefficient (Wildman–Crippen LogP) is 3.59. The molecule has 0 fully saturated rings. The number of carbonyl (C=O) groups is 1. The minimum absolute atomic E-state index is 0.103. The van der Waals surface area contributed by atoms with Crippen LogP contribution < -0.4 is 9.47 Å². The van der Waals surface area contributed by atoms with E-state index in [9.17, 15) is 4.79 Å². The van der Waals surface area contributed by atoms with Crippen LogP contribution in [-0.2, 0) is 0 Å². The molecule has 0 atom stereocenters. The van der Waals surface area contributed by atoms with Crippen LogP contribution in [0.3, 0.4) is 0 Å². The zero-order chi connectivity index (χ0) is 13.8. The molecule has 0 spiro atoms. The fraction of sp³-hybridized carbons (Fsp3) is 0.133. The molecule has 0 unspecified atom stereocenters. The average molecular weight is 277 g/mol. The van der Waals surface area contributed by atoms with Gasteiger partial charge in [-0.25, -0.2) is 0 Å². The van der Waals surface area contributed by atoms with Crippen molar-refractivity contribution in [3.8, 4) is 11.5 Å². The number of methoxy groups -OCH3 is 2. The molecule has 0 aliphatic carbocycles. The first-order valence-electron chi connectivity index (χ1n) is 5.68. The largest absolute Gasteiger partial charge is 0.497 e. The maximum Gasteiger partial charge on any atom is 0.193 e. The van der Waals surface area contributed by atoms with Crippen LogP contribution in [0.25, 0.3) is 0 Å². The van der Waals surface area contributed by atoms with Gasteiger partial charge in [-0.05, 0) is 30.3 Å². The Balaban J connectivity index is 2.38. The number of ether oxygens (including phenoxy) is 2. The summed E-state index contributed by atoms with van der Waals surface area (Å²) in [4.78, 5) is 12.3. The molecule has 0 heterocycles. The predicted molar refractivity (Wildman–Crippen MR) is 74.4 cm³/mol. The Labute approximate surface area is 116 Å². The van der Waals surface area contributed by atoms with Crippen LogP contribution >= 0.6 is 11.6 Å². The lowest BCUT2D eigenvalue weighted by Gasteiger charge is -2.07. The Kier molecular flexibility index (Phi) is 4.07. The summed E-state index contributed by atoms with van der Waals surface area (Å²) < 4.78 is 10.2. The highest BCUT2D eigenvalue weighted by Crippen LogP contribution is 2.26. The summed E-state index contributed by atoms with van der Waals surface area (Å²) in [5.41, 5.74) is 1.08. The Morgan fingerprint density at radius 2 is 1.74 bits per heavy atom. The van der Waals surface area contributed by atoms with Gasteiger partial charge in [0.15, 0.2) is 5.78 Å². The van der Waals surface area contributed by atoms with Crippen molar-refractivity contribution < 1.29 is 14.3 Å². The van der Waals surface area contributed by atoms with Crippen LogP contribution in [0.2, 0.25) is 5.02 Å². The lowest BCUT2D eigenvalue weighted by molar-refractivity contribution is 0.103. The first kappa shape index (κ1) is 13.4. The molecule has 0 saturated heterocycles. The number of rotatable bonds is 4. The molecule has 0 bridgehead atoms. The minimum Gasteiger partial charge on any atom is -0.497 e. The van der Waals surface area contributed by atoms with Gasteiger partial charge in [-0.3, -0.25) is 4.79 Å². The Bertz CT molecular complexity index is 608. The summed E-state index contributed by atoms with van der Waals surface area (Å²) in [6.45, 7) is 0. The zero-order valence-electron chi connectivity index (χ0n) is 10.6. The number of carbonyl (C=O) groups excluding carboxylic acids is 1. The maximum atomic E-state index is 12.3. The average Bonchev–Trinajstić information content (AvgIpc) is 2.47. The second kappa shape index (κ2) is 5.76. The second-order valence-electron chi connectivity index (χ2n) is 3.91. The normalized spacial score (nSPS) is 10.1. The van der Waals surface area contributed by atoms with Crippen molar-refractivity contribution in [3.05, 3.63) is 58.6 Å². The molecule has 2 rings (SSSR count). The van der Waals surface area contributed by atoms with E-state index in [4.69, 9.17) is 21.1 Å². The minimum atomic E-state index is -0.103. The van der Waals surface area contributed by atoms with E-state index in [1.165, 1.54) is 7.11 Å². The lowest BCUT2D eigenvalue weighted by Crippen LogP contribution is -2.02. The van der Waals surface area contributed by atoms with Gasteiger partial charge in [-0.1, -0.05) is 23.7 Å². The molecule has 98 valence electrons. The van der Waals surface area contributed by atoms with Crippen molar-refractivity contribution in [3.63, 3.8) is 0 Å². The van der Waals surface area contributed by atoms with Crippen molar-refractivity contribution in [2.75, 3.05) is 14.2 Å². The van der Waals surface area contributed by atoms with E-state index in [1.807, 2.05) is 0 Å². The third-order valence-electron chi connectivity index (χ3n) is 2.75. The molecule has 3 nitrogen and oxygen atoms in total. The Hall–Kier alpha value is -2.00. The van der Waals surface area contributed by atoms with Gasteiger partial charge in [0.2, 0.25) is 0 Å². The van der Waals surface area contributed by atoms with Crippen molar-refractivity contribution in [1.82, 2.24) is 0 Å². The number of hydrogen-bond acceptors (Lipinski definition) is 3. The van der Waals surface area contributed by atoms with Crippen LogP contribution in [0.15, 0.2) is 42.5 Å². The van der Waals surface area contributed by atoms with E-state index in [1.54, 1.807) is 49.6 Å². The van der Waals surface area contributed by atoms with Crippen molar-refractivity contribution in [2.45, 2.75) is 0 Å². The van der Waals surface area contributed by atoms with E-state index in [-0.39, 0.29) is 5.78 Å². The molecular weight excluding hydrogens is 264 g/mol. The number of ketones is 1. The maximum absolute atomic E-state index is 12.3. The van der Waals surface area contributed by atoms with Crippen LogP contribution in [0.1, 0.15) is 15.9 Å². The highest BCUT2D eigenvalue weighted by molar-refractivity contribution is 6.32. The molecule has 0 aliphatic heterocycles. The van der Waals surface area contributed by atoms with Crippen LogP contribution in [0.5, 0.6) is 11.5 Å². The molecule has 0 N–H and O–H groups in total. The molecule has 2 aromatic carbocycles. The summed E-state index contributed by atoms with van der Waals surface area (Å²) in [6, 6.07) is 12.0. The second-order valence-corrected chi connectivity index (χ2v) is 4.32. The number of halogens is 1. The van der Waals surface area contributed by atoms with Gasteiger partial charge < -0.3 is 9.47 Å². The van der Waals surface area contributed by atoms with E-state index in [2.05, 4.69) is 0 Å². The third-order valence-corrected chi connectivity index (χ3v) is 3.06. The van der Waals surface area contributed by atoms with Gasteiger partial charge in [0.1, 0.15) is 11.5 Å². The van der Waals surface area contributed by atoms with Crippen molar-refractivity contribution in [1.29, 1.82) is 0 Å². The highest BCUT2D eigenvalue weighted by atomic mass is 35.5. The van der Waals surface area contributed by atoms with Crippen molar-refractivity contribution >= 4 is 17.4 Å². The summed E-state index contributed by atoms with van der Waals surface area (Å²) in [7, 11) is 3.08. The third kappa shape index (κ3) is 2.88. The lowest BCUT2D eigenvalue weighted by atomic mass is 10.0. The van der Waals surface area contributed by atoms with Crippen LogP contribution in [0, 0.1) is 0 Å². The molecule has 0 aromatic heterocycles. The SMILES string of the molecule is COc1cccc(C(=O)c2ccc(Cl)c(OC)c2)c1. The standard InChI is InChI=1S/C15H13ClO3/c1-18-12-5-3-4-10(8-12)15(17)11-6-7-13(16)14(9-11)19-2/h3-9H,1-2H3. The molecular formula is C15H13ClO3. The molecule has 19 heavy (non-hydrogen) atoms. The van der Waals surface area contributed by atoms with Crippen LogP contribution in [0.4, 0.5) is 0 Å². The monoisotopic (exact) mass is 276 g/mol. The van der Waals surface area contributed by atoms with E-state index >= 15 is 0 Å². The summed E-state index contributed by atoms with van der Waals surface area (Å²) >= 11 is 5.94. The van der Waals surface area contributed by atoms with Gasteiger partial charge in [-0.2, -0.15) is 0 Å². The van der Waals surface area contributed by atoms with Crippen LogP contribution in [-0.4, -0.2) is 20.0 Å². The summed E-state index contributed by atoms with van der Waals surface area (Å²) in [5.74, 6) is 1.02. The Morgan fingerprint density at radius 3 is 2.42 bits per heavy atom.